The van der Waals surface area contributed by atoms with Crippen molar-refractivity contribution in [3.63, 3.8) is 0 Å². The fraction of sp³-hybridized carbons (Fsp3) is 0.300. The third-order valence-corrected chi connectivity index (χ3v) is 5.98. The lowest BCUT2D eigenvalue weighted by molar-refractivity contribution is -0.115. The van der Waals surface area contributed by atoms with Crippen LogP contribution in [-0.4, -0.2) is 39.4 Å². The van der Waals surface area contributed by atoms with Gasteiger partial charge in [0.25, 0.3) is 5.91 Å². The topological polar surface area (TPSA) is 82.6 Å². The number of carbonyl (C=O) groups is 3. The summed E-state index contributed by atoms with van der Waals surface area (Å²) in [5.41, 5.74) is 2.83. The van der Waals surface area contributed by atoms with E-state index in [-0.39, 0.29) is 24.0 Å². The van der Waals surface area contributed by atoms with Crippen LogP contribution in [0.3, 0.4) is 0 Å². The maximum atomic E-state index is 13.0. The zero-order valence-corrected chi connectivity index (χ0v) is 17.6. The molecule has 0 saturated carbocycles. The number of halogens is 1. The van der Waals surface area contributed by atoms with Gasteiger partial charge in [-0.1, -0.05) is 35.5 Å². The predicted octanol–water partition coefficient (Wildman–Crippen LogP) is 4.19. The maximum absolute atomic E-state index is 13.0. The fourth-order valence-corrected chi connectivity index (χ4v) is 4.49. The van der Waals surface area contributed by atoms with E-state index in [4.69, 9.17) is 11.6 Å². The first-order valence-corrected chi connectivity index (χ1v) is 10.0. The molecule has 6 nitrogen and oxygen atoms in total. The van der Waals surface area contributed by atoms with E-state index in [0.717, 1.165) is 0 Å². The number of hydrogen-bond acceptors (Lipinski definition) is 5. The Morgan fingerprint density at radius 2 is 1.96 bits per heavy atom. The number of aromatic amines is 1. The van der Waals surface area contributed by atoms with Gasteiger partial charge in [-0.25, -0.2) is 0 Å². The van der Waals surface area contributed by atoms with Gasteiger partial charge >= 0.3 is 0 Å². The van der Waals surface area contributed by atoms with Crippen LogP contribution in [-0.2, 0) is 4.79 Å². The number of carbonyl (C=O) groups excluding carboxylic acids is 3. The summed E-state index contributed by atoms with van der Waals surface area (Å²) >= 11 is 7.44. The van der Waals surface area contributed by atoms with Gasteiger partial charge in [0, 0.05) is 11.3 Å². The van der Waals surface area contributed by atoms with Crippen LogP contribution in [0, 0.1) is 13.8 Å². The highest BCUT2D eigenvalue weighted by atomic mass is 35.5. The predicted molar refractivity (Wildman–Crippen MR) is 113 cm³/mol. The van der Waals surface area contributed by atoms with Crippen LogP contribution >= 0.6 is 23.4 Å². The SMILES string of the molecule is CC(=O)c1c(C)[nH]c(C(=O)[C@@H](C)SC2=NCC(=O)N2c2ccccc2Cl)c1C. The first kappa shape index (κ1) is 20.4. The number of thioether (sulfide) groups is 1. The highest BCUT2D eigenvalue weighted by Gasteiger charge is 2.32. The lowest BCUT2D eigenvalue weighted by Gasteiger charge is -2.21. The zero-order valence-electron chi connectivity index (χ0n) is 16.0. The number of benzene rings is 1. The number of para-hydroxylation sites is 1. The van der Waals surface area contributed by atoms with E-state index in [1.165, 1.54) is 23.6 Å². The van der Waals surface area contributed by atoms with Crippen molar-refractivity contribution in [2.75, 3.05) is 11.4 Å². The van der Waals surface area contributed by atoms with E-state index in [1.54, 1.807) is 45.0 Å². The molecule has 2 aromatic rings. The number of aliphatic imine (C=N–C) groups is 1. The maximum Gasteiger partial charge on any atom is 0.254 e. The molecule has 0 unspecified atom stereocenters. The summed E-state index contributed by atoms with van der Waals surface area (Å²) in [7, 11) is 0. The Labute approximate surface area is 172 Å². The molecule has 2 heterocycles. The van der Waals surface area contributed by atoms with Crippen molar-refractivity contribution in [1.82, 2.24) is 4.98 Å². The third kappa shape index (κ3) is 3.64. The minimum Gasteiger partial charge on any atom is -0.355 e. The summed E-state index contributed by atoms with van der Waals surface area (Å²) in [5, 5.41) is 0.366. The van der Waals surface area contributed by atoms with Crippen LogP contribution in [0.1, 0.15) is 46.0 Å². The molecule has 0 radical (unpaired) electrons. The lowest BCUT2D eigenvalue weighted by atomic mass is 10.0. The van der Waals surface area contributed by atoms with Crippen LogP contribution < -0.4 is 4.90 Å². The van der Waals surface area contributed by atoms with Crippen molar-refractivity contribution in [2.24, 2.45) is 4.99 Å². The highest BCUT2D eigenvalue weighted by Crippen LogP contribution is 2.32. The molecular formula is C20H20ClN3O3S. The van der Waals surface area contributed by atoms with Crippen molar-refractivity contribution in [3.05, 3.63) is 51.8 Å². The quantitative estimate of drug-likeness (QED) is 0.739. The summed E-state index contributed by atoms with van der Waals surface area (Å²) in [4.78, 5) is 45.9. The van der Waals surface area contributed by atoms with Gasteiger partial charge < -0.3 is 4.98 Å². The summed E-state index contributed by atoms with van der Waals surface area (Å²) in [6.45, 7) is 6.79. The Balaban J connectivity index is 1.84. The Kier molecular flexibility index (Phi) is 5.76. The molecule has 0 fully saturated rings. The number of aryl methyl sites for hydroxylation is 1. The highest BCUT2D eigenvalue weighted by molar-refractivity contribution is 8.15. The Morgan fingerprint density at radius 1 is 1.29 bits per heavy atom. The summed E-state index contributed by atoms with van der Waals surface area (Å²) < 4.78 is 0. The summed E-state index contributed by atoms with van der Waals surface area (Å²) in [6, 6.07) is 7.02. The zero-order chi connectivity index (χ0) is 20.6. The number of nitrogens with one attached hydrogen (secondary N) is 1. The number of ketones is 2. The number of aromatic nitrogens is 1. The summed E-state index contributed by atoms with van der Waals surface area (Å²) in [6.07, 6.45) is 0. The van der Waals surface area contributed by atoms with Gasteiger partial charge in [-0.15, -0.1) is 0 Å². The molecule has 8 heteroatoms. The first-order chi connectivity index (χ1) is 13.2. The number of amidine groups is 1. The van der Waals surface area contributed by atoms with Crippen molar-refractivity contribution in [1.29, 1.82) is 0 Å². The Hall–Kier alpha value is -2.38. The van der Waals surface area contributed by atoms with Crippen molar-refractivity contribution in [3.8, 4) is 0 Å². The molecular weight excluding hydrogens is 398 g/mol. The van der Waals surface area contributed by atoms with E-state index >= 15 is 0 Å². The van der Waals surface area contributed by atoms with Crippen molar-refractivity contribution < 1.29 is 14.4 Å². The normalized spacial score (nSPS) is 15.0. The number of hydrogen-bond donors (Lipinski definition) is 1. The monoisotopic (exact) mass is 417 g/mol. The molecule has 1 atom stereocenters. The Bertz CT molecular complexity index is 1010. The largest absolute Gasteiger partial charge is 0.355 e. The molecule has 0 bridgehead atoms. The molecule has 1 aliphatic heterocycles. The molecule has 0 spiro atoms. The molecule has 0 saturated heterocycles. The van der Waals surface area contributed by atoms with Crippen LogP contribution in [0.25, 0.3) is 0 Å². The van der Waals surface area contributed by atoms with E-state index in [2.05, 4.69) is 9.98 Å². The second-order valence-electron chi connectivity index (χ2n) is 6.58. The smallest absolute Gasteiger partial charge is 0.254 e. The van der Waals surface area contributed by atoms with Crippen molar-refractivity contribution in [2.45, 2.75) is 32.9 Å². The number of Topliss-reactive ketones (excluding diaryl/α,β-unsaturated/α-hetero) is 2. The van der Waals surface area contributed by atoms with Crippen LogP contribution in [0.5, 0.6) is 0 Å². The van der Waals surface area contributed by atoms with E-state index < -0.39 is 5.25 Å². The van der Waals surface area contributed by atoms with Crippen LogP contribution in [0.4, 0.5) is 5.69 Å². The molecule has 3 rings (SSSR count). The first-order valence-electron chi connectivity index (χ1n) is 8.75. The van der Waals surface area contributed by atoms with Gasteiger partial charge in [0.15, 0.2) is 16.7 Å². The molecule has 1 aromatic heterocycles. The van der Waals surface area contributed by atoms with E-state index in [9.17, 15) is 14.4 Å². The average molecular weight is 418 g/mol. The minimum absolute atomic E-state index is 0.0174. The molecule has 1 N–H and O–H groups in total. The van der Waals surface area contributed by atoms with Crippen LogP contribution in [0.15, 0.2) is 29.3 Å². The van der Waals surface area contributed by atoms with Gasteiger partial charge in [-0.05, 0) is 45.4 Å². The van der Waals surface area contributed by atoms with Gasteiger partial charge in [0.1, 0.15) is 6.54 Å². The number of rotatable bonds is 5. The van der Waals surface area contributed by atoms with E-state index in [0.29, 0.717) is 38.4 Å². The van der Waals surface area contributed by atoms with Gasteiger partial charge in [-0.3, -0.25) is 24.3 Å². The number of amides is 1. The number of anilines is 1. The molecule has 1 aromatic carbocycles. The molecule has 146 valence electrons. The molecule has 0 aliphatic carbocycles. The second-order valence-corrected chi connectivity index (χ2v) is 8.30. The second kappa shape index (κ2) is 7.93. The number of nitrogens with zero attached hydrogens (tertiary/aromatic N) is 2. The standard InChI is InChI=1S/C20H20ClN3O3S/c1-10-17(12(3)25)11(2)23-18(10)19(27)13(4)28-20-22-9-16(26)24(20)15-8-6-5-7-14(15)21/h5-8,13,23H,9H2,1-4H3/t13-/m1/s1. The van der Waals surface area contributed by atoms with Crippen molar-refractivity contribution >= 4 is 51.7 Å². The van der Waals surface area contributed by atoms with Crippen LogP contribution in [0.2, 0.25) is 5.02 Å². The third-order valence-electron chi connectivity index (χ3n) is 4.57. The molecule has 1 amide bonds. The van der Waals surface area contributed by atoms with Gasteiger partial charge in [-0.2, -0.15) is 0 Å². The lowest BCUT2D eigenvalue weighted by Crippen LogP contribution is -2.32. The molecule has 1 aliphatic rings. The number of H-pyrrole nitrogens is 1. The Morgan fingerprint density at radius 3 is 2.57 bits per heavy atom. The fourth-order valence-electron chi connectivity index (χ4n) is 3.28. The van der Waals surface area contributed by atoms with Gasteiger partial charge in [0.2, 0.25) is 0 Å². The van der Waals surface area contributed by atoms with Gasteiger partial charge in [0.05, 0.1) is 21.7 Å². The average Bonchev–Trinajstić information content (AvgIpc) is 3.14. The summed E-state index contributed by atoms with van der Waals surface area (Å²) in [5.74, 6) is -0.429. The minimum atomic E-state index is -0.508. The van der Waals surface area contributed by atoms with E-state index in [1.807, 2.05) is 0 Å². The molecule has 28 heavy (non-hydrogen) atoms.